The Hall–Kier alpha value is -2.07. The molecule has 3 rings (SSSR count). The average Bonchev–Trinajstić information content (AvgIpc) is 2.69. The van der Waals surface area contributed by atoms with E-state index in [1.807, 2.05) is 24.3 Å². The first kappa shape index (κ1) is 20.7. The summed E-state index contributed by atoms with van der Waals surface area (Å²) in [4.78, 5) is 0. The van der Waals surface area contributed by atoms with E-state index in [9.17, 15) is 4.39 Å². The molecule has 3 aromatic carbocycles. The summed E-state index contributed by atoms with van der Waals surface area (Å²) < 4.78 is 25.6. The van der Waals surface area contributed by atoms with Crippen LogP contribution in [0.3, 0.4) is 0 Å². The third-order valence-corrected chi connectivity index (χ3v) is 4.93. The zero-order valence-corrected chi connectivity index (χ0v) is 17.0. The van der Waals surface area contributed by atoms with Crippen molar-refractivity contribution in [2.75, 3.05) is 6.61 Å². The molecule has 0 saturated carbocycles. The fraction of sp³-hybridized carbons (Fsp3) is 0.217. The van der Waals surface area contributed by atoms with Crippen LogP contribution in [0.1, 0.15) is 30.4 Å². The third kappa shape index (κ3) is 5.71. The molecule has 3 aromatic rings. The summed E-state index contributed by atoms with van der Waals surface area (Å²) in [7, 11) is 0. The van der Waals surface area contributed by atoms with E-state index in [0.717, 1.165) is 17.0 Å². The first-order valence-electron chi connectivity index (χ1n) is 9.10. The highest BCUT2D eigenvalue weighted by Crippen LogP contribution is 2.28. The quantitative estimate of drug-likeness (QED) is 0.374. The second-order valence-electron chi connectivity index (χ2n) is 6.50. The second-order valence-corrected chi connectivity index (χ2v) is 7.37. The van der Waals surface area contributed by atoms with E-state index in [2.05, 4.69) is 6.92 Å². The summed E-state index contributed by atoms with van der Waals surface area (Å²) in [5, 5.41) is 1.25. The molecule has 0 saturated heterocycles. The molecule has 0 spiro atoms. The van der Waals surface area contributed by atoms with Crippen molar-refractivity contribution >= 4 is 23.2 Å². The minimum Gasteiger partial charge on any atom is -0.454 e. The van der Waals surface area contributed by atoms with Gasteiger partial charge in [-0.1, -0.05) is 54.4 Å². The number of rotatable bonds is 8. The third-order valence-electron chi connectivity index (χ3n) is 4.44. The van der Waals surface area contributed by atoms with Gasteiger partial charge in [0, 0.05) is 16.0 Å². The zero-order valence-electron chi connectivity index (χ0n) is 15.5. The summed E-state index contributed by atoms with van der Waals surface area (Å²) in [6, 6.07) is 19.4. The van der Waals surface area contributed by atoms with Crippen LogP contribution in [0, 0.1) is 5.82 Å². The Bertz CT molecular complexity index is 913. The number of hydrogen-bond acceptors (Lipinski definition) is 2. The summed E-state index contributed by atoms with van der Waals surface area (Å²) in [6.45, 7) is 3.06. The Morgan fingerprint density at radius 3 is 2.43 bits per heavy atom. The van der Waals surface area contributed by atoms with Gasteiger partial charge in [-0.15, -0.1) is 0 Å². The molecule has 28 heavy (non-hydrogen) atoms. The van der Waals surface area contributed by atoms with Gasteiger partial charge >= 0.3 is 0 Å². The summed E-state index contributed by atoms with van der Waals surface area (Å²) in [5.41, 5.74) is 2.03. The maximum Gasteiger partial charge on any atom is 0.165 e. The van der Waals surface area contributed by atoms with Crippen LogP contribution in [0.5, 0.6) is 11.5 Å². The molecule has 0 aliphatic heterocycles. The fourth-order valence-electron chi connectivity index (χ4n) is 2.88. The molecule has 2 nitrogen and oxygen atoms in total. The Balaban J connectivity index is 1.62. The zero-order chi connectivity index (χ0) is 19.9. The van der Waals surface area contributed by atoms with Crippen LogP contribution in [0.2, 0.25) is 10.0 Å². The van der Waals surface area contributed by atoms with E-state index < -0.39 is 5.82 Å². The smallest absolute Gasteiger partial charge is 0.165 e. The molecule has 0 aromatic heterocycles. The number of benzene rings is 3. The second kappa shape index (κ2) is 9.92. The van der Waals surface area contributed by atoms with E-state index >= 15 is 0 Å². The Morgan fingerprint density at radius 1 is 0.929 bits per heavy atom. The minimum absolute atomic E-state index is 0.146. The van der Waals surface area contributed by atoms with Gasteiger partial charge in [0.15, 0.2) is 11.6 Å². The van der Waals surface area contributed by atoms with E-state index in [-0.39, 0.29) is 11.7 Å². The van der Waals surface area contributed by atoms with Gasteiger partial charge in [0.2, 0.25) is 0 Å². The van der Waals surface area contributed by atoms with Crippen LogP contribution >= 0.6 is 23.2 Å². The van der Waals surface area contributed by atoms with Gasteiger partial charge in [-0.3, -0.25) is 0 Å². The van der Waals surface area contributed by atoms with Gasteiger partial charge in [0.1, 0.15) is 5.75 Å². The summed E-state index contributed by atoms with van der Waals surface area (Å²) in [5.74, 6) is 0.475. The standard InChI is InChI=1S/C23H21Cl2FO2/c1-2-17(18-7-9-19(24)10-8-18)15-27-14-16-6-11-22(26)23(12-16)28-21-5-3-4-20(25)13-21/h3-13,17H,2,14-15H2,1H3. The molecule has 0 fully saturated rings. The maximum absolute atomic E-state index is 14.1. The fourth-order valence-corrected chi connectivity index (χ4v) is 3.18. The number of ether oxygens (including phenoxy) is 2. The van der Waals surface area contributed by atoms with Gasteiger partial charge in [0.25, 0.3) is 0 Å². The van der Waals surface area contributed by atoms with E-state index in [0.29, 0.717) is 24.0 Å². The maximum atomic E-state index is 14.1. The van der Waals surface area contributed by atoms with Gasteiger partial charge in [0.05, 0.1) is 13.2 Å². The predicted octanol–water partition coefficient (Wildman–Crippen LogP) is 7.64. The van der Waals surface area contributed by atoms with Gasteiger partial charge < -0.3 is 9.47 Å². The SMILES string of the molecule is CCC(COCc1ccc(F)c(Oc2cccc(Cl)c2)c1)c1ccc(Cl)cc1. The van der Waals surface area contributed by atoms with Crippen LogP contribution in [0.15, 0.2) is 66.7 Å². The first-order chi connectivity index (χ1) is 13.5. The van der Waals surface area contributed by atoms with Crippen molar-refractivity contribution in [3.8, 4) is 11.5 Å². The predicted molar refractivity (Wildman–Crippen MR) is 112 cm³/mol. The van der Waals surface area contributed by atoms with Crippen molar-refractivity contribution < 1.29 is 13.9 Å². The number of hydrogen-bond donors (Lipinski definition) is 0. The normalized spacial score (nSPS) is 12.0. The van der Waals surface area contributed by atoms with Crippen molar-refractivity contribution in [3.63, 3.8) is 0 Å². The van der Waals surface area contributed by atoms with Crippen LogP contribution in [0.4, 0.5) is 4.39 Å². The molecule has 0 radical (unpaired) electrons. The largest absolute Gasteiger partial charge is 0.454 e. The van der Waals surface area contributed by atoms with Gasteiger partial charge in [-0.2, -0.15) is 0 Å². The molecular formula is C23H21Cl2FO2. The lowest BCUT2D eigenvalue weighted by Gasteiger charge is -2.16. The van der Waals surface area contributed by atoms with Gasteiger partial charge in [-0.25, -0.2) is 4.39 Å². The molecule has 0 N–H and O–H groups in total. The first-order valence-corrected chi connectivity index (χ1v) is 9.86. The lowest BCUT2D eigenvalue weighted by molar-refractivity contribution is 0.105. The summed E-state index contributed by atoms with van der Waals surface area (Å²) >= 11 is 11.9. The van der Waals surface area contributed by atoms with Crippen molar-refractivity contribution in [1.82, 2.24) is 0 Å². The number of halogens is 3. The van der Waals surface area contributed by atoms with E-state index in [1.165, 1.54) is 11.6 Å². The molecule has 0 aliphatic carbocycles. The van der Waals surface area contributed by atoms with Crippen LogP contribution in [-0.4, -0.2) is 6.61 Å². The minimum atomic E-state index is -0.434. The summed E-state index contributed by atoms with van der Waals surface area (Å²) in [6.07, 6.45) is 0.953. The highest BCUT2D eigenvalue weighted by atomic mass is 35.5. The Kier molecular flexibility index (Phi) is 7.32. The van der Waals surface area contributed by atoms with Crippen LogP contribution in [0.25, 0.3) is 0 Å². The lowest BCUT2D eigenvalue weighted by Crippen LogP contribution is -2.07. The van der Waals surface area contributed by atoms with E-state index in [4.69, 9.17) is 32.7 Å². The molecule has 0 aliphatic rings. The van der Waals surface area contributed by atoms with Crippen LogP contribution < -0.4 is 4.74 Å². The lowest BCUT2D eigenvalue weighted by atomic mass is 9.97. The highest BCUT2D eigenvalue weighted by Gasteiger charge is 2.11. The van der Waals surface area contributed by atoms with E-state index in [1.54, 1.807) is 36.4 Å². The molecule has 1 atom stereocenters. The molecule has 1 unspecified atom stereocenters. The van der Waals surface area contributed by atoms with Crippen molar-refractivity contribution in [2.45, 2.75) is 25.9 Å². The topological polar surface area (TPSA) is 18.5 Å². The monoisotopic (exact) mass is 418 g/mol. The van der Waals surface area contributed by atoms with Gasteiger partial charge in [-0.05, 0) is 60.0 Å². The molecule has 0 heterocycles. The molecular weight excluding hydrogens is 398 g/mol. The van der Waals surface area contributed by atoms with Crippen LogP contribution in [-0.2, 0) is 11.3 Å². The molecule has 146 valence electrons. The molecule has 0 amide bonds. The molecule has 0 bridgehead atoms. The highest BCUT2D eigenvalue weighted by molar-refractivity contribution is 6.30. The average molecular weight is 419 g/mol. The van der Waals surface area contributed by atoms with Crippen molar-refractivity contribution in [2.24, 2.45) is 0 Å². The van der Waals surface area contributed by atoms with Crippen molar-refractivity contribution in [3.05, 3.63) is 93.7 Å². The Morgan fingerprint density at radius 2 is 1.71 bits per heavy atom. The van der Waals surface area contributed by atoms with Crippen molar-refractivity contribution in [1.29, 1.82) is 0 Å². The molecule has 5 heteroatoms. The Labute approximate surface area is 174 Å².